The fraction of sp³-hybridized carbons (Fsp3) is 0.238. The van der Waals surface area contributed by atoms with Crippen molar-refractivity contribution in [2.75, 3.05) is 12.4 Å². The zero-order valence-corrected chi connectivity index (χ0v) is 17.9. The molecule has 30 heavy (non-hydrogen) atoms. The third-order valence-corrected chi connectivity index (χ3v) is 6.71. The molecule has 158 valence electrons. The number of anilines is 1. The first-order valence-electron chi connectivity index (χ1n) is 9.31. The highest BCUT2D eigenvalue weighted by Gasteiger charge is 2.23. The van der Waals surface area contributed by atoms with E-state index in [1.165, 1.54) is 52.4 Å². The molecule has 3 aromatic rings. The van der Waals surface area contributed by atoms with E-state index in [9.17, 15) is 17.6 Å². The Morgan fingerprint density at radius 2 is 1.70 bits per heavy atom. The van der Waals surface area contributed by atoms with Crippen LogP contribution in [0.1, 0.15) is 29.9 Å². The lowest BCUT2D eigenvalue weighted by Crippen LogP contribution is -2.33. The largest absolute Gasteiger partial charge is 0.306 e. The Labute approximate surface area is 175 Å². The molecule has 0 aliphatic heterocycles. The molecule has 9 heteroatoms. The van der Waals surface area contributed by atoms with Crippen molar-refractivity contribution in [1.29, 1.82) is 0 Å². The van der Waals surface area contributed by atoms with Gasteiger partial charge in [-0.3, -0.25) is 4.79 Å². The molecule has 1 amide bonds. The topological polar surface area (TPSA) is 84.3 Å². The van der Waals surface area contributed by atoms with Gasteiger partial charge in [0.2, 0.25) is 10.0 Å². The van der Waals surface area contributed by atoms with E-state index in [1.807, 2.05) is 0 Å². The molecule has 7 nitrogen and oxygen atoms in total. The summed E-state index contributed by atoms with van der Waals surface area (Å²) in [6.45, 7) is 5.35. The maximum Gasteiger partial charge on any atom is 0.256 e. The molecule has 0 unspecified atom stereocenters. The molecule has 0 fully saturated rings. The number of carbonyl (C=O) groups excluding carboxylic acids is 1. The average molecular weight is 431 g/mol. The zero-order valence-electron chi connectivity index (χ0n) is 17.1. The predicted octanol–water partition coefficient (Wildman–Crippen LogP) is 3.60. The lowest BCUT2D eigenvalue weighted by molar-refractivity contribution is 0.102. The van der Waals surface area contributed by atoms with E-state index in [1.54, 1.807) is 39.0 Å². The van der Waals surface area contributed by atoms with Crippen molar-refractivity contribution in [3.8, 4) is 5.69 Å². The van der Waals surface area contributed by atoms with Crippen LogP contribution in [0.4, 0.5) is 10.2 Å². The quantitative estimate of drug-likeness (QED) is 0.648. The first kappa shape index (κ1) is 21.7. The number of carbonyl (C=O) groups is 1. The van der Waals surface area contributed by atoms with Gasteiger partial charge in [-0.1, -0.05) is 0 Å². The van der Waals surface area contributed by atoms with E-state index in [-0.39, 0.29) is 16.8 Å². The molecule has 0 saturated carbocycles. The third kappa shape index (κ3) is 4.42. The lowest BCUT2D eigenvalue weighted by atomic mass is 10.2. The minimum atomic E-state index is -3.63. The number of halogens is 1. The number of hydrogen-bond acceptors (Lipinski definition) is 4. The zero-order chi connectivity index (χ0) is 22.1. The fourth-order valence-corrected chi connectivity index (χ4v) is 4.15. The Morgan fingerprint density at radius 1 is 1.10 bits per heavy atom. The van der Waals surface area contributed by atoms with Crippen molar-refractivity contribution in [2.45, 2.75) is 31.7 Å². The summed E-state index contributed by atoms with van der Waals surface area (Å²) in [5.74, 6) is -0.369. The van der Waals surface area contributed by atoms with Gasteiger partial charge in [0.1, 0.15) is 11.6 Å². The molecule has 0 aliphatic rings. The standard InChI is InChI=1S/C21H23FN4O3S/c1-14(2)25(4)30(28,29)19-11-5-16(6-12-19)21(27)23-20-13-15(3)24-26(20)18-9-7-17(22)8-10-18/h5-14H,1-4H3,(H,23,27). The SMILES string of the molecule is Cc1cc(NC(=O)c2ccc(S(=O)(=O)N(C)C(C)C)cc2)n(-c2ccc(F)cc2)n1. The Balaban J connectivity index is 1.83. The fourth-order valence-electron chi connectivity index (χ4n) is 2.78. The van der Waals surface area contributed by atoms with E-state index < -0.39 is 15.9 Å². The molecule has 2 aromatic carbocycles. The number of aryl methyl sites for hydroxylation is 1. The predicted molar refractivity (Wildman–Crippen MR) is 113 cm³/mol. The number of rotatable bonds is 6. The van der Waals surface area contributed by atoms with Crippen LogP contribution in [0, 0.1) is 12.7 Å². The number of amides is 1. The minimum Gasteiger partial charge on any atom is -0.306 e. The van der Waals surface area contributed by atoms with E-state index in [4.69, 9.17) is 0 Å². The summed E-state index contributed by atoms with van der Waals surface area (Å²) in [6, 6.07) is 13.0. The summed E-state index contributed by atoms with van der Waals surface area (Å²) >= 11 is 0. The van der Waals surface area contributed by atoms with Gasteiger partial charge in [-0.15, -0.1) is 0 Å². The van der Waals surface area contributed by atoms with Crippen LogP contribution in [0.25, 0.3) is 5.69 Å². The first-order chi connectivity index (χ1) is 14.1. The van der Waals surface area contributed by atoms with Crippen LogP contribution in [0.3, 0.4) is 0 Å². The van der Waals surface area contributed by atoms with Gasteiger partial charge in [0, 0.05) is 24.7 Å². The van der Waals surface area contributed by atoms with Crippen LogP contribution in [0.5, 0.6) is 0 Å². The van der Waals surface area contributed by atoms with E-state index in [0.29, 0.717) is 22.8 Å². The maximum atomic E-state index is 13.2. The molecule has 0 aliphatic carbocycles. The first-order valence-corrected chi connectivity index (χ1v) is 10.8. The number of hydrogen-bond donors (Lipinski definition) is 1. The molecule has 0 radical (unpaired) electrons. The van der Waals surface area contributed by atoms with Crippen LogP contribution in [0.2, 0.25) is 0 Å². The van der Waals surface area contributed by atoms with Gasteiger partial charge in [-0.05, 0) is 69.3 Å². The molecule has 3 rings (SSSR count). The molecule has 1 heterocycles. The summed E-state index contributed by atoms with van der Waals surface area (Å²) in [4.78, 5) is 12.8. The Hall–Kier alpha value is -3.04. The molecule has 1 N–H and O–H groups in total. The van der Waals surface area contributed by atoms with E-state index in [0.717, 1.165) is 0 Å². The Kier molecular flexibility index (Phi) is 6.04. The van der Waals surface area contributed by atoms with Gasteiger partial charge in [-0.2, -0.15) is 9.40 Å². The highest BCUT2D eigenvalue weighted by atomic mass is 32.2. The summed E-state index contributed by atoms with van der Waals surface area (Å²) in [5.41, 5.74) is 1.57. The second-order valence-corrected chi connectivity index (χ2v) is 9.15. The second-order valence-electron chi connectivity index (χ2n) is 7.15. The summed E-state index contributed by atoms with van der Waals surface area (Å²) in [7, 11) is -2.11. The van der Waals surface area contributed by atoms with Crippen LogP contribution < -0.4 is 5.32 Å². The number of nitrogens with zero attached hydrogens (tertiary/aromatic N) is 3. The van der Waals surface area contributed by atoms with Crippen molar-refractivity contribution < 1.29 is 17.6 Å². The van der Waals surface area contributed by atoms with Crippen molar-refractivity contribution >= 4 is 21.7 Å². The smallest absolute Gasteiger partial charge is 0.256 e. The van der Waals surface area contributed by atoms with Crippen molar-refractivity contribution in [3.05, 3.63) is 71.7 Å². The molecule has 0 bridgehead atoms. The number of benzene rings is 2. The molecular weight excluding hydrogens is 407 g/mol. The van der Waals surface area contributed by atoms with Gasteiger partial charge >= 0.3 is 0 Å². The molecule has 0 saturated heterocycles. The molecular formula is C21H23FN4O3S. The van der Waals surface area contributed by atoms with Gasteiger partial charge in [0.05, 0.1) is 16.3 Å². The summed E-state index contributed by atoms with van der Waals surface area (Å²) in [6.07, 6.45) is 0. The Morgan fingerprint density at radius 3 is 2.27 bits per heavy atom. The van der Waals surface area contributed by atoms with Crippen molar-refractivity contribution in [3.63, 3.8) is 0 Å². The number of nitrogens with one attached hydrogen (secondary N) is 1. The molecule has 0 atom stereocenters. The molecule has 0 spiro atoms. The average Bonchev–Trinajstić information content (AvgIpc) is 3.07. The van der Waals surface area contributed by atoms with E-state index in [2.05, 4.69) is 10.4 Å². The summed E-state index contributed by atoms with van der Waals surface area (Å²) in [5, 5.41) is 7.10. The van der Waals surface area contributed by atoms with Crippen molar-refractivity contribution in [1.82, 2.24) is 14.1 Å². The van der Waals surface area contributed by atoms with Crippen LogP contribution in [-0.4, -0.2) is 41.5 Å². The highest BCUT2D eigenvalue weighted by molar-refractivity contribution is 7.89. The number of aromatic nitrogens is 2. The molecule has 1 aromatic heterocycles. The summed E-state index contributed by atoms with van der Waals surface area (Å²) < 4.78 is 41.1. The van der Waals surface area contributed by atoms with Crippen LogP contribution in [0.15, 0.2) is 59.5 Å². The van der Waals surface area contributed by atoms with Crippen LogP contribution >= 0.6 is 0 Å². The van der Waals surface area contributed by atoms with Crippen LogP contribution in [-0.2, 0) is 10.0 Å². The van der Waals surface area contributed by atoms with Gasteiger partial charge in [-0.25, -0.2) is 17.5 Å². The second kappa shape index (κ2) is 8.37. The highest BCUT2D eigenvalue weighted by Crippen LogP contribution is 2.20. The van der Waals surface area contributed by atoms with Gasteiger partial charge in [0.25, 0.3) is 5.91 Å². The van der Waals surface area contributed by atoms with Gasteiger partial charge in [0.15, 0.2) is 0 Å². The number of sulfonamides is 1. The maximum absolute atomic E-state index is 13.2. The third-order valence-electron chi connectivity index (χ3n) is 4.67. The van der Waals surface area contributed by atoms with Crippen molar-refractivity contribution in [2.24, 2.45) is 0 Å². The van der Waals surface area contributed by atoms with Gasteiger partial charge < -0.3 is 5.32 Å². The normalized spacial score (nSPS) is 11.8. The van der Waals surface area contributed by atoms with E-state index >= 15 is 0 Å². The minimum absolute atomic E-state index is 0.113. The lowest BCUT2D eigenvalue weighted by Gasteiger charge is -2.21. The monoisotopic (exact) mass is 430 g/mol. The Bertz CT molecular complexity index is 1150.